The molecule has 5 nitrogen and oxygen atoms in total. The van der Waals surface area contributed by atoms with Crippen LogP contribution in [0.15, 0.2) is 24.3 Å². The van der Waals surface area contributed by atoms with Gasteiger partial charge in [0.25, 0.3) is 0 Å². The van der Waals surface area contributed by atoms with Crippen molar-refractivity contribution in [2.75, 3.05) is 19.3 Å². The molecule has 21 heavy (non-hydrogen) atoms. The maximum absolute atomic E-state index is 12.7. The Bertz CT molecular complexity index is 597. The Balaban J connectivity index is 1.78. The summed E-state index contributed by atoms with van der Waals surface area (Å²) in [5, 5.41) is 2.69. The highest BCUT2D eigenvalue weighted by atomic mass is 32.2. The highest BCUT2D eigenvalue weighted by Gasteiger charge is 2.36. The molecule has 0 unspecified atom stereocenters. The van der Waals surface area contributed by atoms with E-state index in [4.69, 9.17) is 0 Å². The van der Waals surface area contributed by atoms with Gasteiger partial charge in [-0.2, -0.15) is 4.31 Å². The van der Waals surface area contributed by atoms with Gasteiger partial charge < -0.3 is 5.32 Å². The predicted octanol–water partition coefficient (Wildman–Crippen LogP) is 0.908. The third-order valence-electron chi connectivity index (χ3n) is 3.33. The Morgan fingerprint density at radius 1 is 1.33 bits per heavy atom. The maximum atomic E-state index is 12.7. The summed E-state index contributed by atoms with van der Waals surface area (Å²) in [6, 6.07) is 6.04. The molecule has 0 atom stereocenters. The van der Waals surface area contributed by atoms with E-state index in [-0.39, 0.29) is 24.3 Å². The van der Waals surface area contributed by atoms with E-state index in [2.05, 4.69) is 5.32 Å². The van der Waals surface area contributed by atoms with E-state index in [1.807, 2.05) is 0 Å². The Labute approximate surface area is 124 Å². The number of carbonyl (C=O) groups excluding carboxylic acids is 1. The molecule has 7 heteroatoms. The topological polar surface area (TPSA) is 66.5 Å². The van der Waals surface area contributed by atoms with Crippen molar-refractivity contribution < 1.29 is 17.6 Å². The van der Waals surface area contributed by atoms with Crippen molar-refractivity contribution in [3.63, 3.8) is 0 Å². The van der Waals surface area contributed by atoms with E-state index in [1.165, 1.54) is 16.4 Å². The van der Waals surface area contributed by atoms with Gasteiger partial charge in [-0.3, -0.25) is 4.79 Å². The number of benzene rings is 1. The summed E-state index contributed by atoms with van der Waals surface area (Å²) in [5.74, 6) is -0.606. The first-order valence-electron chi connectivity index (χ1n) is 6.84. The van der Waals surface area contributed by atoms with E-state index < -0.39 is 10.0 Å². The van der Waals surface area contributed by atoms with Gasteiger partial charge in [-0.1, -0.05) is 12.1 Å². The largest absolute Gasteiger partial charge is 0.355 e. The fourth-order valence-electron chi connectivity index (χ4n) is 2.07. The van der Waals surface area contributed by atoms with Crippen LogP contribution < -0.4 is 5.32 Å². The van der Waals surface area contributed by atoms with E-state index in [1.54, 1.807) is 12.1 Å². The average Bonchev–Trinajstić information content (AvgIpc) is 3.21. The number of rotatable bonds is 7. The van der Waals surface area contributed by atoms with Crippen molar-refractivity contribution in [2.24, 2.45) is 0 Å². The van der Waals surface area contributed by atoms with Gasteiger partial charge in [0.2, 0.25) is 15.9 Å². The quantitative estimate of drug-likeness (QED) is 0.813. The summed E-state index contributed by atoms with van der Waals surface area (Å²) in [7, 11) is -3.35. The predicted molar refractivity (Wildman–Crippen MR) is 77.7 cm³/mol. The number of nitrogens with zero attached hydrogens (tertiary/aromatic N) is 1. The first-order chi connectivity index (χ1) is 9.86. The molecule has 116 valence electrons. The number of sulfonamides is 1. The van der Waals surface area contributed by atoms with Crippen LogP contribution in [0.4, 0.5) is 4.39 Å². The molecule has 1 aromatic rings. The molecule has 0 saturated heterocycles. The minimum absolute atomic E-state index is 0.0251. The second-order valence-corrected chi connectivity index (χ2v) is 7.20. The van der Waals surface area contributed by atoms with Gasteiger partial charge in [0.15, 0.2) is 0 Å². The molecule has 2 rings (SSSR count). The lowest BCUT2D eigenvalue weighted by atomic mass is 10.1. The Morgan fingerprint density at radius 3 is 2.48 bits per heavy atom. The monoisotopic (exact) mass is 314 g/mol. The summed E-state index contributed by atoms with van der Waals surface area (Å²) in [4.78, 5) is 11.8. The third kappa shape index (κ3) is 5.09. The lowest BCUT2D eigenvalue weighted by molar-refractivity contribution is -0.121. The number of hydrogen-bond acceptors (Lipinski definition) is 3. The average molecular weight is 314 g/mol. The lowest BCUT2D eigenvalue weighted by Gasteiger charge is -2.18. The van der Waals surface area contributed by atoms with Crippen LogP contribution in [-0.2, 0) is 21.2 Å². The van der Waals surface area contributed by atoms with Crippen LogP contribution in [0.5, 0.6) is 0 Å². The third-order valence-corrected chi connectivity index (χ3v) is 4.61. The fraction of sp³-hybridized carbons (Fsp3) is 0.500. The highest BCUT2D eigenvalue weighted by Crippen LogP contribution is 2.28. The standard InChI is InChI=1S/C14H19FN2O3S/c1-21(19,20)17(13-6-7-13)10-14(18)16-9-8-11-2-4-12(15)5-3-11/h2-5,13H,6-10H2,1H3,(H,16,18). The zero-order valence-electron chi connectivity index (χ0n) is 11.9. The smallest absolute Gasteiger partial charge is 0.235 e. The first kappa shape index (κ1) is 15.9. The lowest BCUT2D eigenvalue weighted by Crippen LogP contribution is -2.41. The molecule has 0 spiro atoms. The fourth-order valence-corrected chi connectivity index (χ4v) is 3.18. The van der Waals surface area contributed by atoms with Crippen LogP contribution in [0.1, 0.15) is 18.4 Å². The van der Waals surface area contributed by atoms with Crippen LogP contribution in [0.3, 0.4) is 0 Å². The van der Waals surface area contributed by atoms with E-state index in [9.17, 15) is 17.6 Å². The molecule has 0 aliphatic heterocycles. The number of halogens is 1. The van der Waals surface area contributed by atoms with Crippen LogP contribution in [0.2, 0.25) is 0 Å². The molecule has 0 heterocycles. The van der Waals surface area contributed by atoms with Gasteiger partial charge in [-0.25, -0.2) is 12.8 Å². The summed E-state index contributed by atoms with van der Waals surface area (Å²) in [5.41, 5.74) is 0.916. The normalized spacial score (nSPS) is 15.2. The van der Waals surface area contributed by atoms with Crippen molar-refractivity contribution in [3.8, 4) is 0 Å². The number of hydrogen-bond donors (Lipinski definition) is 1. The number of amides is 1. The molecule has 1 fully saturated rings. The molecule has 0 aromatic heterocycles. The summed E-state index contributed by atoms with van der Waals surface area (Å²) >= 11 is 0. The van der Waals surface area contributed by atoms with Gasteiger partial charge in [0.05, 0.1) is 12.8 Å². The molecular formula is C14H19FN2O3S. The van der Waals surface area contributed by atoms with Crippen LogP contribution in [-0.4, -0.2) is 44.0 Å². The van der Waals surface area contributed by atoms with Crippen LogP contribution >= 0.6 is 0 Å². The SMILES string of the molecule is CS(=O)(=O)N(CC(=O)NCCc1ccc(F)cc1)C1CC1. The van der Waals surface area contributed by atoms with Gasteiger partial charge >= 0.3 is 0 Å². The van der Waals surface area contributed by atoms with E-state index in [0.717, 1.165) is 24.7 Å². The molecule has 0 radical (unpaired) electrons. The minimum atomic E-state index is -3.35. The zero-order chi connectivity index (χ0) is 15.5. The molecule has 1 aliphatic rings. The van der Waals surface area contributed by atoms with Crippen molar-refractivity contribution in [1.82, 2.24) is 9.62 Å². The number of carbonyl (C=O) groups is 1. The maximum Gasteiger partial charge on any atom is 0.235 e. The zero-order valence-corrected chi connectivity index (χ0v) is 12.7. The second kappa shape index (κ2) is 6.53. The van der Waals surface area contributed by atoms with Crippen molar-refractivity contribution in [2.45, 2.75) is 25.3 Å². The Kier molecular flexibility index (Phi) is 4.95. The van der Waals surface area contributed by atoms with Gasteiger partial charge in [0, 0.05) is 12.6 Å². The van der Waals surface area contributed by atoms with Gasteiger partial charge in [-0.15, -0.1) is 0 Å². The second-order valence-electron chi connectivity index (χ2n) is 5.27. The molecular weight excluding hydrogens is 295 g/mol. The summed E-state index contributed by atoms with van der Waals surface area (Å²) in [6.45, 7) is 0.264. The highest BCUT2D eigenvalue weighted by molar-refractivity contribution is 7.88. The van der Waals surface area contributed by atoms with Gasteiger partial charge in [0.1, 0.15) is 5.82 Å². The molecule has 1 saturated carbocycles. The molecule has 1 aliphatic carbocycles. The van der Waals surface area contributed by atoms with Crippen LogP contribution in [0, 0.1) is 5.82 Å². The molecule has 1 amide bonds. The van der Waals surface area contributed by atoms with Gasteiger partial charge in [-0.05, 0) is 37.0 Å². The first-order valence-corrected chi connectivity index (χ1v) is 8.69. The van der Waals surface area contributed by atoms with E-state index >= 15 is 0 Å². The van der Waals surface area contributed by atoms with Crippen molar-refractivity contribution in [3.05, 3.63) is 35.6 Å². The summed E-state index contributed by atoms with van der Waals surface area (Å²) < 4.78 is 37.2. The molecule has 0 bridgehead atoms. The Hall–Kier alpha value is -1.47. The molecule has 1 N–H and O–H groups in total. The van der Waals surface area contributed by atoms with Crippen LogP contribution in [0.25, 0.3) is 0 Å². The minimum Gasteiger partial charge on any atom is -0.355 e. The van der Waals surface area contributed by atoms with Crippen molar-refractivity contribution in [1.29, 1.82) is 0 Å². The number of nitrogens with one attached hydrogen (secondary N) is 1. The van der Waals surface area contributed by atoms with Crippen molar-refractivity contribution >= 4 is 15.9 Å². The Morgan fingerprint density at radius 2 is 1.95 bits per heavy atom. The summed E-state index contributed by atoms with van der Waals surface area (Å²) in [6.07, 6.45) is 3.33. The molecule has 1 aromatic carbocycles. The van der Waals surface area contributed by atoms with E-state index in [0.29, 0.717) is 13.0 Å².